The van der Waals surface area contributed by atoms with Crippen LogP contribution < -0.4 is 16.4 Å². The summed E-state index contributed by atoms with van der Waals surface area (Å²) >= 11 is 1.33. The normalized spacial score (nSPS) is 15.6. The predicted molar refractivity (Wildman–Crippen MR) is 116 cm³/mol. The van der Waals surface area contributed by atoms with Gasteiger partial charge in [-0.3, -0.25) is 5.41 Å². The molecule has 1 saturated heterocycles. The fourth-order valence-electron chi connectivity index (χ4n) is 2.86. The third kappa shape index (κ3) is 5.43. The molecule has 1 aromatic heterocycles. The van der Waals surface area contributed by atoms with E-state index in [2.05, 4.69) is 21.8 Å². The molecule has 1 fully saturated rings. The van der Waals surface area contributed by atoms with E-state index in [1.807, 2.05) is 44.2 Å². The summed E-state index contributed by atoms with van der Waals surface area (Å²) < 4.78 is 0. The van der Waals surface area contributed by atoms with E-state index < -0.39 is 0 Å². The van der Waals surface area contributed by atoms with Crippen LogP contribution in [0.3, 0.4) is 0 Å². The number of nitrogen functional groups attached to an aromatic ring is 1. The zero-order chi connectivity index (χ0) is 19.9. The summed E-state index contributed by atoms with van der Waals surface area (Å²) in [5.41, 5.74) is 12.6. The molecule has 1 aliphatic heterocycles. The van der Waals surface area contributed by atoms with Crippen molar-refractivity contribution in [3.8, 4) is 0 Å². The summed E-state index contributed by atoms with van der Waals surface area (Å²) in [5, 5.41) is 8.56. The molecule has 2 aromatic rings. The van der Waals surface area contributed by atoms with Crippen molar-refractivity contribution in [1.82, 2.24) is 9.97 Å². The lowest BCUT2D eigenvalue weighted by molar-refractivity contribution is 0.258. The Hall–Kier alpha value is -2.12. The molecule has 5 N–H and O–H groups in total. The summed E-state index contributed by atoms with van der Waals surface area (Å²) in [6.45, 7) is 8.74. The van der Waals surface area contributed by atoms with Gasteiger partial charge < -0.3 is 16.4 Å². The van der Waals surface area contributed by atoms with Crippen molar-refractivity contribution in [2.24, 2.45) is 11.1 Å². The highest BCUT2D eigenvalue weighted by Gasteiger charge is 2.29. The van der Waals surface area contributed by atoms with Crippen molar-refractivity contribution in [3.05, 3.63) is 42.2 Å². The Morgan fingerprint density at radius 3 is 2.41 bits per heavy atom. The smallest absolute Gasteiger partial charge is 0.154 e. The topological polar surface area (TPSA) is 105 Å². The summed E-state index contributed by atoms with van der Waals surface area (Å²) in [4.78, 5) is 12.1. The van der Waals surface area contributed by atoms with Gasteiger partial charge in [-0.15, -0.1) is 0 Å². The van der Waals surface area contributed by atoms with Crippen molar-refractivity contribution in [3.63, 3.8) is 0 Å². The summed E-state index contributed by atoms with van der Waals surface area (Å²) in [5.74, 6) is 1.08. The molecule has 6 nitrogen and oxygen atoms in total. The number of aromatic nitrogens is 2. The number of nitrogens with two attached hydrogens (primary N) is 2. The molecule has 0 radical (unpaired) electrons. The van der Waals surface area contributed by atoms with Gasteiger partial charge in [-0.2, -0.15) is 0 Å². The maximum absolute atomic E-state index is 8.25. The maximum Gasteiger partial charge on any atom is 0.154 e. The van der Waals surface area contributed by atoms with E-state index in [9.17, 15) is 0 Å². The van der Waals surface area contributed by atoms with E-state index >= 15 is 0 Å². The molecule has 0 unspecified atom stereocenters. The fourth-order valence-corrected chi connectivity index (χ4v) is 3.64. The van der Waals surface area contributed by atoms with Crippen LogP contribution in [0.1, 0.15) is 39.3 Å². The van der Waals surface area contributed by atoms with Crippen LogP contribution in [-0.2, 0) is 0 Å². The average Bonchev–Trinajstić information content (AvgIpc) is 2.70. The second-order valence-electron chi connectivity index (χ2n) is 6.71. The Labute approximate surface area is 166 Å². The molecule has 1 aromatic carbocycles. The number of piperidine rings is 1. The first-order chi connectivity index (χ1) is 13.0. The van der Waals surface area contributed by atoms with Crippen LogP contribution in [0.15, 0.2) is 41.4 Å². The van der Waals surface area contributed by atoms with Crippen LogP contribution in [0.5, 0.6) is 0 Å². The monoisotopic (exact) mass is 386 g/mol. The first-order valence-corrected chi connectivity index (χ1v) is 10.2. The van der Waals surface area contributed by atoms with Crippen molar-refractivity contribution in [2.45, 2.75) is 38.5 Å². The van der Waals surface area contributed by atoms with Gasteiger partial charge in [-0.05, 0) is 36.9 Å². The van der Waals surface area contributed by atoms with Crippen molar-refractivity contribution in [1.29, 1.82) is 5.41 Å². The molecule has 0 spiro atoms. The van der Waals surface area contributed by atoms with Crippen LogP contribution in [-0.4, -0.2) is 34.6 Å². The first kappa shape index (κ1) is 21.2. The number of benzene rings is 1. The summed E-state index contributed by atoms with van der Waals surface area (Å²) in [6.07, 6.45) is 3.79. The van der Waals surface area contributed by atoms with Crippen LogP contribution in [0.25, 0.3) is 0 Å². The molecule has 2 heterocycles. The number of anilines is 2. The van der Waals surface area contributed by atoms with Gasteiger partial charge in [-0.25, -0.2) is 9.97 Å². The highest BCUT2D eigenvalue weighted by Crippen LogP contribution is 2.32. The third-order valence-electron chi connectivity index (χ3n) is 4.75. The molecule has 0 amide bonds. The molecule has 0 atom stereocenters. The molecule has 1 aliphatic rings. The van der Waals surface area contributed by atoms with Crippen LogP contribution >= 0.6 is 11.8 Å². The van der Waals surface area contributed by atoms with E-state index in [1.54, 1.807) is 6.20 Å². The molecular formula is C20H30N6S. The Kier molecular flexibility index (Phi) is 7.62. The molecule has 0 aliphatic carbocycles. The van der Waals surface area contributed by atoms with E-state index in [1.165, 1.54) is 11.8 Å². The fraction of sp³-hybridized carbons (Fsp3) is 0.450. The van der Waals surface area contributed by atoms with Gasteiger partial charge >= 0.3 is 0 Å². The third-order valence-corrected chi connectivity index (χ3v) is 5.66. The number of nitrogens with one attached hydrogen (secondary N) is 1. The average molecular weight is 387 g/mol. The predicted octanol–water partition coefficient (Wildman–Crippen LogP) is 3.77. The number of hydrogen-bond acceptors (Lipinski definition) is 7. The van der Waals surface area contributed by atoms with Crippen LogP contribution in [0.4, 0.5) is 11.6 Å². The van der Waals surface area contributed by atoms with Gasteiger partial charge in [0, 0.05) is 18.0 Å². The van der Waals surface area contributed by atoms with Crippen LogP contribution in [0.2, 0.25) is 0 Å². The second kappa shape index (κ2) is 9.71. The molecule has 0 saturated carbocycles. The zero-order valence-electron chi connectivity index (χ0n) is 16.4. The van der Waals surface area contributed by atoms with Gasteiger partial charge in [0.05, 0.1) is 6.20 Å². The lowest BCUT2D eigenvalue weighted by Gasteiger charge is -2.39. The lowest BCUT2D eigenvalue weighted by Crippen LogP contribution is -2.42. The number of nitrogens with zero attached hydrogens (tertiary/aromatic N) is 3. The minimum Gasteiger partial charge on any atom is -0.382 e. The summed E-state index contributed by atoms with van der Waals surface area (Å²) in [7, 11) is 0. The van der Waals surface area contributed by atoms with Gasteiger partial charge in [0.25, 0.3) is 0 Å². The van der Waals surface area contributed by atoms with E-state index in [-0.39, 0.29) is 5.41 Å². The van der Waals surface area contributed by atoms with Gasteiger partial charge in [-0.1, -0.05) is 50.7 Å². The molecule has 3 rings (SSSR count). The minimum atomic E-state index is 0.212. The van der Waals surface area contributed by atoms with E-state index in [0.717, 1.165) is 36.6 Å². The molecule has 146 valence electrons. The molecule has 27 heavy (non-hydrogen) atoms. The van der Waals surface area contributed by atoms with Crippen molar-refractivity contribution < 1.29 is 0 Å². The Morgan fingerprint density at radius 2 is 1.85 bits per heavy atom. The number of rotatable bonds is 4. The van der Waals surface area contributed by atoms with Crippen molar-refractivity contribution in [2.75, 3.05) is 30.3 Å². The zero-order valence-corrected chi connectivity index (χ0v) is 17.2. The molecular weight excluding hydrogens is 356 g/mol. The highest BCUT2D eigenvalue weighted by atomic mass is 32.2. The van der Waals surface area contributed by atoms with Crippen molar-refractivity contribution >= 4 is 28.4 Å². The number of hydrogen-bond donors (Lipinski definition) is 3. The lowest BCUT2D eigenvalue weighted by atomic mass is 9.80. The van der Waals surface area contributed by atoms with Gasteiger partial charge in [0.15, 0.2) is 5.82 Å². The van der Waals surface area contributed by atoms with Gasteiger partial charge in [0.1, 0.15) is 16.6 Å². The minimum absolute atomic E-state index is 0.212. The number of thioether (sulfide) groups is 1. The maximum atomic E-state index is 8.25. The first-order valence-electron chi connectivity index (χ1n) is 9.40. The highest BCUT2D eigenvalue weighted by molar-refractivity contribution is 8.14. The second-order valence-corrected chi connectivity index (χ2v) is 7.79. The standard InChI is InChI=1S/C18H24N6S.C2H6/c1-18(12-19)7-9-24(10-8-18)14-11-22-15(16(20)23-14)17(21)25-13-5-3-2-4-6-13;1-2/h2-6,11,21H,7-10,12,19H2,1H3,(H2,20,23);1-2H3. The Morgan fingerprint density at radius 1 is 1.22 bits per heavy atom. The Bertz CT molecular complexity index is 741. The SMILES string of the molecule is CC.CC1(CN)CCN(c2cnc(C(=N)Sc3ccccc3)c(N)n2)CC1. The van der Waals surface area contributed by atoms with E-state index in [0.29, 0.717) is 23.1 Å². The molecule has 0 bridgehead atoms. The summed E-state index contributed by atoms with van der Waals surface area (Å²) in [6, 6.07) is 9.75. The van der Waals surface area contributed by atoms with Gasteiger partial charge in [0.2, 0.25) is 0 Å². The Balaban J connectivity index is 0.00000126. The van der Waals surface area contributed by atoms with Crippen LogP contribution in [0, 0.1) is 10.8 Å². The molecule has 7 heteroatoms. The largest absolute Gasteiger partial charge is 0.382 e. The quantitative estimate of drug-likeness (QED) is 0.420. The van der Waals surface area contributed by atoms with E-state index in [4.69, 9.17) is 16.9 Å².